The summed E-state index contributed by atoms with van der Waals surface area (Å²) in [7, 11) is 0. The number of anilines is 1. The van der Waals surface area contributed by atoms with Crippen LogP contribution < -0.4 is 5.32 Å². The van der Waals surface area contributed by atoms with Crippen LogP contribution in [-0.2, 0) is 0 Å². The zero-order valence-corrected chi connectivity index (χ0v) is 9.31. The van der Waals surface area contributed by atoms with Crippen molar-refractivity contribution in [1.82, 2.24) is 4.98 Å². The van der Waals surface area contributed by atoms with Crippen LogP contribution in [0.4, 0.5) is 5.69 Å². The molecule has 5 nitrogen and oxygen atoms in total. The van der Waals surface area contributed by atoms with Crippen molar-refractivity contribution in [3.8, 4) is 5.75 Å². The molecule has 0 spiro atoms. The lowest BCUT2D eigenvalue weighted by atomic mass is 10.3. The number of carbonyl (C=O) groups excluding carboxylic acids is 1. The van der Waals surface area contributed by atoms with E-state index in [9.17, 15) is 9.90 Å². The van der Waals surface area contributed by atoms with Gasteiger partial charge in [-0.25, -0.2) is 0 Å². The lowest BCUT2D eigenvalue weighted by Crippen LogP contribution is -2.11. The number of nitrogens with one attached hydrogen (secondary N) is 2. The van der Waals surface area contributed by atoms with E-state index < -0.39 is 0 Å². The number of aromatic hydroxyl groups is 1. The van der Waals surface area contributed by atoms with Crippen LogP contribution in [0.1, 0.15) is 10.5 Å². The molecule has 2 aromatic heterocycles. The minimum absolute atomic E-state index is 0.105. The van der Waals surface area contributed by atoms with Crippen LogP contribution in [0.3, 0.4) is 0 Å². The number of aromatic nitrogens is 1. The first-order chi connectivity index (χ1) is 8.72. The molecule has 3 N–H and O–H groups in total. The zero-order valence-electron chi connectivity index (χ0n) is 9.31. The second kappa shape index (κ2) is 3.96. The molecule has 0 atom stereocenters. The number of carbonyl (C=O) groups is 1. The second-order valence-corrected chi connectivity index (χ2v) is 3.89. The maximum atomic E-state index is 11.9. The topological polar surface area (TPSA) is 78.3 Å². The highest BCUT2D eigenvalue weighted by atomic mass is 16.3. The van der Waals surface area contributed by atoms with Gasteiger partial charge in [-0.2, -0.15) is 0 Å². The maximum absolute atomic E-state index is 11.9. The molecule has 1 amide bonds. The summed E-state index contributed by atoms with van der Waals surface area (Å²) in [5.74, 6) is -0.181. The van der Waals surface area contributed by atoms with E-state index in [2.05, 4.69) is 10.3 Å². The van der Waals surface area contributed by atoms with Crippen molar-refractivity contribution >= 4 is 22.7 Å². The van der Waals surface area contributed by atoms with Crippen molar-refractivity contribution in [2.24, 2.45) is 0 Å². The van der Waals surface area contributed by atoms with Gasteiger partial charge >= 0.3 is 0 Å². The SMILES string of the molecule is O=C(Nc1cccc(O)c1)c1cc2occc2[nH]1. The average Bonchev–Trinajstić information content (AvgIpc) is 2.88. The normalized spacial score (nSPS) is 10.7. The van der Waals surface area contributed by atoms with Crippen molar-refractivity contribution in [1.29, 1.82) is 0 Å². The van der Waals surface area contributed by atoms with Gasteiger partial charge in [0.05, 0.1) is 11.8 Å². The Morgan fingerprint density at radius 1 is 1.28 bits per heavy atom. The van der Waals surface area contributed by atoms with Gasteiger partial charge in [-0.15, -0.1) is 0 Å². The number of rotatable bonds is 2. The third-order valence-electron chi connectivity index (χ3n) is 2.59. The van der Waals surface area contributed by atoms with E-state index in [0.717, 1.165) is 5.52 Å². The standard InChI is InChI=1S/C13H10N2O3/c16-9-3-1-2-8(6-9)14-13(17)11-7-12-10(15-11)4-5-18-12/h1-7,15-16H,(H,14,17). The van der Waals surface area contributed by atoms with Gasteiger partial charge in [0, 0.05) is 23.9 Å². The predicted molar refractivity (Wildman–Crippen MR) is 66.6 cm³/mol. The monoisotopic (exact) mass is 242 g/mol. The van der Waals surface area contributed by atoms with Gasteiger partial charge in [0.15, 0.2) is 5.58 Å². The number of aromatic amines is 1. The largest absolute Gasteiger partial charge is 0.508 e. The molecule has 0 unspecified atom stereocenters. The summed E-state index contributed by atoms with van der Waals surface area (Å²) in [5.41, 5.74) is 2.35. The molecular weight excluding hydrogens is 232 g/mol. The van der Waals surface area contributed by atoms with Gasteiger partial charge in [-0.3, -0.25) is 4.79 Å². The minimum atomic E-state index is -0.285. The number of fused-ring (bicyclic) bond motifs is 1. The average molecular weight is 242 g/mol. The number of hydrogen-bond donors (Lipinski definition) is 3. The molecule has 0 radical (unpaired) electrons. The fraction of sp³-hybridized carbons (Fsp3) is 0. The Morgan fingerprint density at radius 2 is 2.17 bits per heavy atom. The summed E-state index contributed by atoms with van der Waals surface area (Å²) in [6.45, 7) is 0. The molecule has 0 saturated carbocycles. The number of furan rings is 1. The maximum Gasteiger partial charge on any atom is 0.272 e. The Kier molecular flexibility index (Phi) is 2.30. The molecule has 0 aliphatic rings. The number of benzene rings is 1. The summed E-state index contributed by atoms with van der Waals surface area (Å²) >= 11 is 0. The summed E-state index contributed by atoms with van der Waals surface area (Å²) in [4.78, 5) is 14.9. The van der Waals surface area contributed by atoms with Gasteiger partial charge in [0.25, 0.3) is 5.91 Å². The summed E-state index contributed by atoms with van der Waals surface area (Å²) in [5, 5.41) is 12.0. The Hall–Kier alpha value is -2.69. The predicted octanol–water partition coefficient (Wildman–Crippen LogP) is 2.72. The van der Waals surface area contributed by atoms with Gasteiger partial charge in [0.1, 0.15) is 11.4 Å². The van der Waals surface area contributed by atoms with Crippen molar-refractivity contribution in [3.63, 3.8) is 0 Å². The Labute approximate surface area is 102 Å². The molecule has 0 aliphatic carbocycles. The number of phenolic OH excluding ortho intramolecular Hbond substituents is 1. The lowest BCUT2D eigenvalue weighted by molar-refractivity contribution is 0.102. The first-order valence-electron chi connectivity index (χ1n) is 5.39. The molecule has 2 heterocycles. The molecule has 3 rings (SSSR count). The zero-order chi connectivity index (χ0) is 12.5. The molecule has 90 valence electrons. The first kappa shape index (κ1) is 10.5. The van der Waals surface area contributed by atoms with E-state index in [-0.39, 0.29) is 11.7 Å². The quantitative estimate of drug-likeness (QED) is 0.646. The molecule has 0 bridgehead atoms. The number of phenols is 1. The summed E-state index contributed by atoms with van der Waals surface area (Å²) < 4.78 is 5.17. The molecule has 3 aromatic rings. The van der Waals surface area contributed by atoms with E-state index in [0.29, 0.717) is 17.0 Å². The second-order valence-electron chi connectivity index (χ2n) is 3.89. The highest BCUT2D eigenvalue weighted by molar-refractivity contribution is 6.05. The van der Waals surface area contributed by atoms with Crippen LogP contribution >= 0.6 is 0 Å². The van der Waals surface area contributed by atoms with Gasteiger partial charge < -0.3 is 19.8 Å². The van der Waals surface area contributed by atoms with Gasteiger partial charge in [-0.1, -0.05) is 6.07 Å². The van der Waals surface area contributed by atoms with Gasteiger partial charge in [-0.05, 0) is 12.1 Å². The molecule has 5 heteroatoms. The Bertz CT molecular complexity index is 683. The molecule has 0 saturated heterocycles. The first-order valence-corrected chi connectivity index (χ1v) is 5.39. The number of amides is 1. The van der Waals surface area contributed by atoms with Gasteiger partial charge in [0.2, 0.25) is 0 Å². The Morgan fingerprint density at radius 3 is 2.94 bits per heavy atom. The number of H-pyrrole nitrogens is 1. The van der Waals surface area contributed by atoms with E-state index in [1.54, 1.807) is 30.5 Å². The minimum Gasteiger partial charge on any atom is -0.508 e. The molecule has 18 heavy (non-hydrogen) atoms. The van der Waals surface area contributed by atoms with E-state index >= 15 is 0 Å². The highest BCUT2D eigenvalue weighted by Crippen LogP contribution is 2.19. The third kappa shape index (κ3) is 1.82. The van der Waals surface area contributed by atoms with Crippen molar-refractivity contribution in [3.05, 3.63) is 48.4 Å². The summed E-state index contributed by atoms with van der Waals surface area (Å²) in [6, 6.07) is 9.76. The van der Waals surface area contributed by atoms with Crippen LogP contribution in [-0.4, -0.2) is 16.0 Å². The molecule has 0 aliphatic heterocycles. The fourth-order valence-corrected chi connectivity index (χ4v) is 1.75. The lowest BCUT2D eigenvalue weighted by Gasteiger charge is -2.03. The highest BCUT2D eigenvalue weighted by Gasteiger charge is 2.11. The van der Waals surface area contributed by atoms with E-state index in [1.165, 1.54) is 12.1 Å². The Balaban J connectivity index is 1.85. The van der Waals surface area contributed by atoms with E-state index in [1.807, 2.05) is 0 Å². The van der Waals surface area contributed by atoms with Crippen LogP contribution in [0.2, 0.25) is 0 Å². The van der Waals surface area contributed by atoms with Crippen LogP contribution in [0.15, 0.2) is 47.1 Å². The third-order valence-corrected chi connectivity index (χ3v) is 2.59. The van der Waals surface area contributed by atoms with Crippen LogP contribution in [0, 0.1) is 0 Å². The number of hydrogen-bond acceptors (Lipinski definition) is 3. The van der Waals surface area contributed by atoms with Crippen molar-refractivity contribution in [2.75, 3.05) is 5.32 Å². The smallest absolute Gasteiger partial charge is 0.272 e. The fourth-order valence-electron chi connectivity index (χ4n) is 1.75. The van der Waals surface area contributed by atoms with Crippen LogP contribution in [0.25, 0.3) is 11.1 Å². The van der Waals surface area contributed by atoms with Crippen LogP contribution in [0.5, 0.6) is 5.75 Å². The van der Waals surface area contributed by atoms with E-state index in [4.69, 9.17) is 4.42 Å². The molecule has 0 fully saturated rings. The molecule has 1 aromatic carbocycles. The summed E-state index contributed by atoms with van der Waals surface area (Å²) in [6.07, 6.45) is 1.55. The molecular formula is C13H10N2O3. The van der Waals surface area contributed by atoms with Crippen molar-refractivity contribution < 1.29 is 14.3 Å². The van der Waals surface area contributed by atoms with Crippen molar-refractivity contribution in [2.45, 2.75) is 0 Å².